The van der Waals surface area contributed by atoms with Crippen LogP contribution in [0.1, 0.15) is 21.0 Å². The molecule has 0 unspecified atom stereocenters. The fourth-order valence-corrected chi connectivity index (χ4v) is 3.16. The maximum atomic E-state index is 12.9. The van der Waals surface area contributed by atoms with Crippen LogP contribution in [0.15, 0.2) is 53.1 Å². The van der Waals surface area contributed by atoms with Crippen molar-refractivity contribution < 1.29 is 13.6 Å². The summed E-state index contributed by atoms with van der Waals surface area (Å²) >= 11 is 1.59. The van der Waals surface area contributed by atoms with Crippen LogP contribution in [0, 0.1) is 5.82 Å². The largest absolute Gasteiger partial charge is 0.459 e. The van der Waals surface area contributed by atoms with E-state index in [1.165, 1.54) is 18.4 Å². The number of hydrogen-bond donors (Lipinski definition) is 1. The zero-order chi connectivity index (χ0) is 14.8. The van der Waals surface area contributed by atoms with Crippen molar-refractivity contribution in [1.82, 2.24) is 0 Å². The summed E-state index contributed by atoms with van der Waals surface area (Å²) in [5, 5.41) is 0. The number of thiophene rings is 1. The van der Waals surface area contributed by atoms with E-state index in [2.05, 4.69) is 0 Å². The molecular formula is C16H12FNO2S. The first-order valence-corrected chi connectivity index (χ1v) is 7.16. The van der Waals surface area contributed by atoms with Crippen molar-refractivity contribution in [2.45, 2.75) is 6.42 Å². The van der Waals surface area contributed by atoms with Gasteiger partial charge in [0, 0.05) is 21.7 Å². The van der Waals surface area contributed by atoms with E-state index < -0.39 is 5.91 Å². The Labute approximate surface area is 124 Å². The SMILES string of the molecule is NC(=O)c1occc1Cc1ccc(-c2ccc(F)cc2)s1. The minimum Gasteiger partial charge on any atom is -0.459 e. The number of rotatable bonds is 4. The molecule has 2 heterocycles. The van der Waals surface area contributed by atoms with Crippen molar-refractivity contribution in [2.24, 2.45) is 5.73 Å². The first kappa shape index (κ1) is 13.6. The summed E-state index contributed by atoms with van der Waals surface area (Å²) in [5.74, 6) is -0.614. The van der Waals surface area contributed by atoms with Gasteiger partial charge in [0.15, 0.2) is 5.76 Å². The number of hydrogen-bond acceptors (Lipinski definition) is 3. The van der Waals surface area contributed by atoms with Gasteiger partial charge in [0.1, 0.15) is 5.82 Å². The summed E-state index contributed by atoms with van der Waals surface area (Å²) in [6, 6.07) is 12.1. The van der Waals surface area contributed by atoms with Crippen molar-refractivity contribution in [3.8, 4) is 10.4 Å². The number of nitrogens with two attached hydrogens (primary N) is 1. The maximum absolute atomic E-state index is 12.9. The van der Waals surface area contributed by atoms with Gasteiger partial charge < -0.3 is 10.2 Å². The molecule has 0 aliphatic heterocycles. The van der Waals surface area contributed by atoms with E-state index in [9.17, 15) is 9.18 Å². The Kier molecular flexibility index (Phi) is 3.58. The number of benzene rings is 1. The topological polar surface area (TPSA) is 56.2 Å². The van der Waals surface area contributed by atoms with E-state index in [0.29, 0.717) is 6.42 Å². The van der Waals surface area contributed by atoms with Gasteiger partial charge in [-0.05, 0) is 35.9 Å². The average molecular weight is 301 g/mol. The van der Waals surface area contributed by atoms with Gasteiger partial charge in [0.2, 0.25) is 0 Å². The molecule has 0 bridgehead atoms. The van der Waals surface area contributed by atoms with E-state index in [1.807, 2.05) is 12.1 Å². The van der Waals surface area contributed by atoms with Crippen LogP contribution in [0.4, 0.5) is 4.39 Å². The number of amides is 1. The summed E-state index contributed by atoms with van der Waals surface area (Å²) < 4.78 is 18.0. The number of halogens is 1. The molecule has 0 saturated carbocycles. The molecule has 0 aliphatic rings. The molecule has 3 aromatic rings. The molecule has 106 valence electrons. The van der Waals surface area contributed by atoms with Crippen LogP contribution in [0.25, 0.3) is 10.4 Å². The molecule has 0 fully saturated rings. The van der Waals surface area contributed by atoms with Crippen LogP contribution in [0.2, 0.25) is 0 Å². The predicted molar refractivity (Wildman–Crippen MR) is 79.7 cm³/mol. The van der Waals surface area contributed by atoms with E-state index in [4.69, 9.17) is 10.2 Å². The molecule has 1 amide bonds. The second-order valence-electron chi connectivity index (χ2n) is 4.59. The molecule has 21 heavy (non-hydrogen) atoms. The number of furan rings is 1. The van der Waals surface area contributed by atoms with Crippen LogP contribution in [0.3, 0.4) is 0 Å². The fourth-order valence-electron chi connectivity index (χ4n) is 2.12. The Morgan fingerprint density at radius 3 is 2.62 bits per heavy atom. The average Bonchev–Trinajstić information content (AvgIpc) is 3.09. The standard InChI is InChI=1S/C16H12FNO2S/c17-12-3-1-10(2-4-12)14-6-5-13(21-14)9-11-7-8-20-15(11)16(18)19/h1-8H,9H2,(H2,18,19). The molecule has 2 N–H and O–H groups in total. The van der Waals surface area contributed by atoms with Crippen LogP contribution < -0.4 is 5.73 Å². The Hall–Kier alpha value is -2.40. The Morgan fingerprint density at radius 2 is 1.90 bits per heavy atom. The van der Waals surface area contributed by atoms with E-state index >= 15 is 0 Å². The molecule has 3 rings (SSSR count). The summed E-state index contributed by atoms with van der Waals surface area (Å²) in [7, 11) is 0. The summed E-state index contributed by atoms with van der Waals surface area (Å²) in [6.45, 7) is 0. The van der Waals surface area contributed by atoms with Gasteiger partial charge in [-0.25, -0.2) is 4.39 Å². The first-order valence-electron chi connectivity index (χ1n) is 6.34. The Bertz CT molecular complexity index is 774. The van der Waals surface area contributed by atoms with Gasteiger partial charge in [0.25, 0.3) is 5.91 Å². The fraction of sp³-hybridized carbons (Fsp3) is 0.0625. The first-order chi connectivity index (χ1) is 10.1. The third-order valence-corrected chi connectivity index (χ3v) is 4.26. The molecule has 2 aromatic heterocycles. The molecule has 0 radical (unpaired) electrons. The minimum absolute atomic E-state index is 0.201. The Morgan fingerprint density at radius 1 is 1.14 bits per heavy atom. The molecule has 0 saturated heterocycles. The van der Waals surface area contributed by atoms with Gasteiger partial charge in [-0.3, -0.25) is 4.79 Å². The molecular weight excluding hydrogens is 289 g/mol. The lowest BCUT2D eigenvalue weighted by Gasteiger charge is -1.98. The lowest BCUT2D eigenvalue weighted by Crippen LogP contribution is -2.11. The van der Waals surface area contributed by atoms with Crippen molar-refractivity contribution in [2.75, 3.05) is 0 Å². The highest BCUT2D eigenvalue weighted by Crippen LogP contribution is 2.30. The second kappa shape index (κ2) is 5.54. The van der Waals surface area contributed by atoms with Gasteiger partial charge in [-0.1, -0.05) is 12.1 Å². The van der Waals surface area contributed by atoms with Crippen molar-refractivity contribution >= 4 is 17.2 Å². The number of carbonyl (C=O) groups excluding carboxylic acids is 1. The monoisotopic (exact) mass is 301 g/mol. The van der Waals surface area contributed by atoms with Crippen molar-refractivity contribution in [3.63, 3.8) is 0 Å². The summed E-state index contributed by atoms with van der Waals surface area (Å²) in [6.07, 6.45) is 2.05. The molecule has 1 aromatic carbocycles. The molecule has 0 spiro atoms. The molecule has 0 aliphatic carbocycles. The highest BCUT2D eigenvalue weighted by molar-refractivity contribution is 7.15. The van der Waals surface area contributed by atoms with E-state index in [1.54, 1.807) is 29.5 Å². The predicted octanol–water partition coefficient (Wildman–Crippen LogP) is 3.84. The van der Waals surface area contributed by atoms with Gasteiger partial charge >= 0.3 is 0 Å². The number of primary amides is 1. The van der Waals surface area contributed by atoms with E-state index in [-0.39, 0.29) is 11.6 Å². The lowest BCUT2D eigenvalue weighted by atomic mass is 10.1. The zero-order valence-electron chi connectivity index (χ0n) is 11.0. The minimum atomic E-state index is -0.565. The second-order valence-corrected chi connectivity index (χ2v) is 5.76. The van der Waals surface area contributed by atoms with Crippen LogP contribution in [-0.2, 0) is 6.42 Å². The molecule has 3 nitrogen and oxygen atoms in total. The van der Waals surface area contributed by atoms with Crippen LogP contribution in [0.5, 0.6) is 0 Å². The summed E-state index contributed by atoms with van der Waals surface area (Å²) in [4.78, 5) is 13.4. The van der Waals surface area contributed by atoms with Crippen molar-refractivity contribution in [3.05, 3.63) is 70.7 Å². The van der Waals surface area contributed by atoms with Crippen LogP contribution >= 0.6 is 11.3 Å². The summed E-state index contributed by atoms with van der Waals surface area (Å²) in [5.41, 5.74) is 7.00. The highest BCUT2D eigenvalue weighted by atomic mass is 32.1. The smallest absolute Gasteiger partial charge is 0.284 e. The zero-order valence-corrected chi connectivity index (χ0v) is 11.8. The Balaban J connectivity index is 1.83. The molecule has 5 heteroatoms. The third kappa shape index (κ3) is 2.87. The van der Waals surface area contributed by atoms with Crippen molar-refractivity contribution in [1.29, 1.82) is 0 Å². The number of carbonyl (C=O) groups is 1. The normalized spacial score (nSPS) is 10.7. The lowest BCUT2D eigenvalue weighted by molar-refractivity contribution is 0.0973. The molecule has 0 atom stereocenters. The maximum Gasteiger partial charge on any atom is 0.284 e. The third-order valence-electron chi connectivity index (χ3n) is 3.13. The van der Waals surface area contributed by atoms with E-state index in [0.717, 1.165) is 20.9 Å². The van der Waals surface area contributed by atoms with Crippen LogP contribution in [-0.4, -0.2) is 5.91 Å². The van der Waals surface area contributed by atoms with Gasteiger partial charge in [-0.15, -0.1) is 11.3 Å². The van der Waals surface area contributed by atoms with Gasteiger partial charge in [0.05, 0.1) is 6.26 Å². The quantitative estimate of drug-likeness (QED) is 0.796. The highest BCUT2D eigenvalue weighted by Gasteiger charge is 2.13. The van der Waals surface area contributed by atoms with Gasteiger partial charge in [-0.2, -0.15) is 0 Å².